The molecule has 1 saturated heterocycles. The first-order chi connectivity index (χ1) is 7.75. The largest absolute Gasteiger partial charge is 0.317 e. The Morgan fingerprint density at radius 2 is 1.75 bits per heavy atom. The quantitative estimate of drug-likeness (QED) is 0.833. The molecule has 0 radical (unpaired) electrons. The van der Waals surface area contributed by atoms with Crippen LogP contribution in [-0.2, 0) is 6.42 Å². The molecule has 88 valence electrons. The summed E-state index contributed by atoms with van der Waals surface area (Å²) in [5.74, 6) is 0.707. The number of hydrogen-bond acceptors (Lipinski definition) is 1. The molecule has 1 aliphatic rings. The molecule has 1 aliphatic heterocycles. The van der Waals surface area contributed by atoms with Crippen LogP contribution >= 0.6 is 0 Å². The van der Waals surface area contributed by atoms with Crippen LogP contribution in [0.3, 0.4) is 0 Å². The maximum Gasteiger partial charge on any atom is 0.263 e. The minimum absolute atomic E-state index is 0.120. The van der Waals surface area contributed by atoms with Crippen LogP contribution in [0, 0.1) is 5.92 Å². The average molecular weight is 225 g/mol. The van der Waals surface area contributed by atoms with Crippen molar-refractivity contribution in [3.63, 3.8) is 0 Å². The van der Waals surface area contributed by atoms with Crippen molar-refractivity contribution in [3.05, 3.63) is 35.4 Å². The van der Waals surface area contributed by atoms with E-state index in [-0.39, 0.29) is 5.56 Å². The van der Waals surface area contributed by atoms with Crippen molar-refractivity contribution in [2.45, 2.75) is 25.7 Å². The molecule has 0 spiro atoms. The van der Waals surface area contributed by atoms with Crippen LogP contribution in [-0.4, -0.2) is 13.1 Å². The van der Waals surface area contributed by atoms with Gasteiger partial charge in [0.25, 0.3) is 6.43 Å². The smallest absolute Gasteiger partial charge is 0.263 e. The Kier molecular flexibility index (Phi) is 3.88. The molecule has 16 heavy (non-hydrogen) atoms. The van der Waals surface area contributed by atoms with E-state index in [9.17, 15) is 8.78 Å². The fourth-order valence-corrected chi connectivity index (χ4v) is 2.22. The molecule has 0 unspecified atom stereocenters. The van der Waals surface area contributed by atoms with Gasteiger partial charge in [0.15, 0.2) is 0 Å². The molecule has 3 heteroatoms. The van der Waals surface area contributed by atoms with Gasteiger partial charge in [0, 0.05) is 5.56 Å². The lowest BCUT2D eigenvalue weighted by atomic mass is 9.91. The fraction of sp³-hybridized carbons (Fsp3) is 0.538. The number of piperidine rings is 1. The van der Waals surface area contributed by atoms with E-state index in [2.05, 4.69) is 5.32 Å². The van der Waals surface area contributed by atoms with Crippen molar-refractivity contribution in [2.75, 3.05) is 13.1 Å². The number of hydrogen-bond donors (Lipinski definition) is 1. The van der Waals surface area contributed by atoms with E-state index in [0.29, 0.717) is 5.92 Å². The highest BCUT2D eigenvalue weighted by molar-refractivity contribution is 5.23. The summed E-state index contributed by atoms with van der Waals surface area (Å²) in [6.07, 6.45) is 1.05. The Morgan fingerprint density at radius 1 is 1.12 bits per heavy atom. The molecule has 1 fully saturated rings. The zero-order chi connectivity index (χ0) is 11.4. The van der Waals surface area contributed by atoms with Gasteiger partial charge in [-0.05, 0) is 43.8 Å². The van der Waals surface area contributed by atoms with Crippen molar-refractivity contribution in [3.8, 4) is 0 Å². The minimum atomic E-state index is -2.35. The van der Waals surface area contributed by atoms with E-state index in [1.165, 1.54) is 18.4 Å². The van der Waals surface area contributed by atoms with Gasteiger partial charge < -0.3 is 5.32 Å². The first-order valence-corrected chi connectivity index (χ1v) is 5.83. The Balaban J connectivity index is 1.93. The predicted molar refractivity (Wildman–Crippen MR) is 60.7 cm³/mol. The van der Waals surface area contributed by atoms with Crippen LogP contribution in [0.5, 0.6) is 0 Å². The lowest BCUT2D eigenvalue weighted by molar-refractivity contribution is 0.151. The van der Waals surface area contributed by atoms with Crippen molar-refractivity contribution >= 4 is 0 Å². The highest BCUT2D eigenvalue weighted by Crippen LogP contribution is 2.22. The van der Waals surface area contributed by atoms with Gasteiger partial charge >= 0.3 is 0 Å². The third kappa shape index (κ3) is 3.01. The average Bonchev–Trinajstić information content (AvgIpc) is 2.31. The van der Waals surface area contributed by atoms with Gasteiger partial charge in [-0.25, -0.2) is 8.78 Å². The third-order valence-corrected chi connectivity index (χ3v) is 3.21. The summed E-state index contributed by atoms with van der Waals surface area (Å²) in [4.78, 5) is 0. The van der Waals surface area contributed by atoms with Gasteiger partial charge in [0.1, 0.15) is 0 Å². The van der Waals surface area contributed by atoms with E-state index in [1.807, 2.05) is 12.1 Å². The fourth-order valence-electron chi connectivity index (χ4n) is 2.22. The van der Waals surface area contributed by atoms with Gasteiger partial charge in [-0.1, -0.05) is 24.3 Å². The first-order valence-electron chi connectivity index (χ1n) is 5.83. The maximum absolute atomic E-state index is 12.3. The second kappa shape index (κ2) is 5.39. The number of halogens is 2. The summed E-state index contributed by atoms with van der Waals surface area (Å²) in [6, 6.07) is 6.76. The van der Waals surface area contributed by atoms with Crippen molar-refractivity contribution in [2.24, 2.45) is 5.92 Å². The Morgan fingerprint density at radius 3 is 2.31 bits per heavy atom. The van der Waals surface area contributed by atoms with E-state index >= 15 is 0 Å². The summed E-state index contributed by atoms with van der Waals surface area (Å²) in [5.41, 5.74) is 1.30. The minimum Gasteiger partial charge on any atom is -0.317 e. The summed E-state index contributed by atoms with van der Waals surface area (Å²) in [6.45, 7) is 2.17. The number of rotatable bonds is 3. The highest BCUT2D eigenvalue weighted by Gasteiger charge is 2.13. The molecule has 1 aromatic carbocycles. The molecule has 0 aromatic heterocycles. The Bertz CT molecular complexity index is 315. The first kappa shape index (κ1) is 11.5. The summed E-state index contributed by atoms with van der Waals surface area (Å²) in [5, 5.41) is 3.33. The lowest BCUT2D eigenvalue weighted by Gasteiger charge is -2.22. The van der Waals surface area contributed by atoms with Crippen LogP contribution < -0.4 is 5.32 Å². The topological polar surface area (TPSA) is 12.0 Å². The number of benzene rings is 1. The monoisotopic (exact) mass is 225 g/mol. The molecule has 1 N–H and O–H groups in total. The molecule has 1 aromatic rings. The third-order valence-electron chi connectivity index (χ3n) is 3.21. The van der Waals surface area contributed by atoms with E-state index in [0.717, 1.165) is 19.5 Å². The molecule has 1 heterocycles. The van der Waals surface area contributed by atoms with E-state index in [4.69, 9.17) is 0 Å². The maximum atomic E-state index is 12.3. The number of alkyl halides is 2. The van der Waals surface area contributed by atoms with E-state index < -0.39 is 6.43 Å². The SMILES string of the molecule is FC(F)c1ccc(CC2CCNCC2)cc1. The molecular formula is C13H17F2N. The van der Waals surface area contributed by atoms with Crippen LogP contribution in [0.2, 0.25) is 0 Å². The zero-order valence-electron chi connectivity index (χ0n) is 9.26. The Labute approximate surface area is 94.9 Å². The van der Waals surface area contributed by atoms with Crippen LogP contribution in [0.15, 0.2) is 24.3 Å². The molecule has 2 rings (SSSR count). The summed E-state index contributed by atoms with van der Waals surface area (Å²) in [7, 11) is 0. The van der Waals surface area contributed by atoms with Crippen molar-refractivity contribution < 1.29 is 8.78 Å². The molecule has 0 aliphatic carbocycles. The van der Waals surface area contributed by atoms with Crippen molar-refractivity contribution in [1.82, 2.24) is 5.32 Å². The number of nitrogens with one attached hydrogen (secondary N) is 1. The molecule has 0 saturated carbocycles. The molecule has 0 amide bonds. The van der Waals surface area contributed by atoms with Crippen molar-refractivity contribution in [1.29, 1.82) is 0 Å². The molecule has 0 atom stereocenters. The highest BCUT2D eigenvalue weighted by atomic mass is 19.3. The van der Waals surface area contributed by atoms with Crippen LogP contribution in [0.4, 0.5) is 8.78 Å². The van der Waals surface area contributed by atoms with Gasteiger partial charge in [-0.2, -0.15) is 0 Å². The van der Waals surface area contributed by atoms with Gasteiger partial charge in [0.2, 0.25) is 0 Å². The normalized spacial score (nSPS) is 17.9. The molecular weight excluding hydrogens is 208 g/mol. The standard InChI is InChI=1S/C13H17F2N/c14-13(15)12-3-1-10(2-4-12)9-11-5-7-16-8-6-11/h1-4,11,13,16H,5-9H2. The molecule has 1 nitrogen and oxygen atoms in total. The second-order valence-electron chi connectivity index (χ2n) is 4.44. The van der Waals surface area contributed by atoms with Crippen LogP contribution in [0.1, 0.15) is 30.4 Å². The predicted octanol–water partition coefficient (Wildman–Crippen LogP) is 3.17. The van der Waals surface area contributed by atoms with Gasteiger partial charge in [0.05, 0.1) is 0 Å². The second-order valence-corrected chi connectivity index (χ2v) is 4.44. The van der Waals surface area contributed by atoms with Crippen LogP contribution in [0.25, 0.3) is 0 Å². The molecule has 0 bridgehead atoms. The van der Waals surface area contributed by atoms with Gasteiger partial charge in [-0.15, -0.1) is 0 Å². The summed E-state index contributed by atoms with van der Waals surface area (Å²) >= 11 is 0. The summed E-state index contributed by atoms with van der Waals surface area (Å²) < 4.78 is 24.7. The van der Waals surface area contributed by atoms with Gasteiger partial charge in [-0.3, -0.25) is 0 Å². The lowest BCUT2D eigenvalue weighted by Crippen LogP contribution is -2.28. The van der Waals surface area contributed by atoms with E-state index in [1.54, 1.807) is 12.1 Å². The Hall–Kier alpha value is -0.960. The zero-order valence-corrected chi connectivity index (χ0v) is 9.26.